The van der Waals surface area contributed by atoms with Crippen molar-refractivity contribution < 1.29 is 22.1 Å². The Bertz CT molecular complexity index is 475. The molecule has 0 spiro atoms. The molecule has 0 aliphatic carbocycles. The molecule has 7 heteroatoms. The van der Waals surface area contributed by atoms with Crippen LogP contribution in [0.4, 0.5) is 4.79 Å². The third-order valence-corrected chi connectivity index (χ3v) is 3.19. The maximum Gasteiger partial charge on any atom is 0.410 e. The zero-order valence-electron chi connectivity index (χ0n) is 12.5. The monoisotopic (exact) mass is 305 g/mol. The average molecular weight is 305 g/mol. The summed E-state index contributed by atoms with van der Waals surface area (Å²) in [5.41, 5.74) is 0.475. The van der Waals surface area contributed by atoms with Gasteiger partial charge in [0.15, 0.2) is 0 Å². The first-order valence-electron chi connectivity index (χ1n) is 6.57. The molecule has 0 aromatic heterocycles. The van der Waals surface area contributed by atoms with Crippen molar-refractivity contribution >= 4 is 16.2 Å². The smallest absolute Gasteiger partial charge is 0.410 e. The molecule has 1 amide bonds. The fourth-order valence-electron chi connectivity index (χ4n) is 1.82. The fourth-order valence-corrected chi connectivity index (χ4v) is 2.14. The highest BCUT2D eigenvalue weighted by molar-refractivity contribution is 7.85. The Balaban J connectivity index is 2.54. The van der Waals surface area contributed by atoms with Crippen LogP contribution in [0, 0.1) is 0 Å². The van der Waals surface area contributed by atoms with Gasteiger partial charge in [0.25, 0.3) is 10.1 Å². The Labute approximate surface area is 120 Å². The molecule has 0 N–H and O–H groups in total. The largest absolute Gasteiger partial charge is 0.444 e. The standard InChI is InChI=1S/C13H23NO5S/c1-13(2,3)19-12(15)14-8-5-6-11(10-14)7-9-18-20(4,16)17/h7H,5-6,8-10H2,1-4H3. The van der Waals surface area contributed by atoms with E-state index in [1.165, 1.54) is 0 Å². The minimum atomic E-state index is -3.43. The van der Waals surface area contributed by atoms with Crippen LogP contribution in [-0.4, -0.2) is 51.0 Å². The zero-order valence-corrected chi connectivity index (χ0v) is 13.3. The van der Waals surface area contributed by atoms with Gasteiger partial charge in [0.05, 0.1) is 12.9 Å². The van der Waals surface area contributed by atoms with Crippen LogP contribution in [0.2, 0.25) is 0 Å². The number of likely N-dealkylation sites (tertiary alicyclic amines) is 1. The van der Waals surface area contributed by atoms with Crippen LogP contribution >= 0.6 is 0 Å². The predicted molar refractivity (Wildman–Crippen MR) is 75.9 cm³/mol. The summed E-state index contributed by atoms with van der Waals surface area (Å²) in [4.78, 5) is 13.6. The summed E-state index contributed by atoms with van der Waals surface area (Å²) in [6, 6.07) is 0. The van der Waals surface area contributed by atoms with Gasteiger partial charge in [-0.15, -0.1) is 0 Å². The van der Waals surface area contributed by atoms with E-state index in [1.54, 1.807) is 11.0 Å². The molecule has 0 saturated carbocycles. The first kappa shape index (κ1) is 17.0. The maximum absolute atomic E-state index is 11.9. The molecule has 1 aliphatic heterocycles. The van der Waals surface area contributed by atoms with Gasteiger partial charge < -0.3 is 9.64 Å². The number of carbonyl (C=O) groups excluding carboxylic acids is 1. The molecule has 0 aromatic carbocycles. The van der Waals surface area contributed by atoms with Crippen molar-refractivity contribution in [2.75, 3.05) is 26.0 Å². The molecule has 1 rings (SSSR count). The fraction of sp³-hybridized carbons (Fsp3) is 0.769. The van der Waals surface area contributed by atoms with Gasteiger partial charge in [0.1, 0.15) is 5.60 Å². The molecule has 20 heavy (non-hydrogen) atoms. The highest BCUT2D eigenvalue weighted by Gasteiger charge is 2.24. The van der Waals surface area contributed by atoms with Crippen LogP contribution in [0.5, 0.6) is 0 Å². The Kier molecular flexibility index (Phi) is 5.59. The van der Waals surface area contributed by atoms with E-state index in [-0.39, 0.29) is 12.7 Å². The van der Waals surface area contributed by atoms with E-state index in [0.29, 0.717) is 13.1 Å². The Morgan fingerprint density at radius 3 is 2.60 bits per heavy atom. The molecule has 6 nitrogen and oxygen atoms in total. The average Bonchev–Trinajstić information content (AvgIpc) is 2.25. The van der Waals surface area contributed by atoms with E-state index >= 15 is 0 Å². The number of nitrogens with zero attached hydrogens (tertiary/aromatic N) is 1. The van der Waals surface area contributed by atoms with Gasteiger partial charge in [-0.25, -0.2) is 4.79 Å². The summed E-state index contributed by atoms with van der Waals surface area (Å²) < 4.78 is 31.7. The number of rotatable bonds is 3. The molecule has 1 saturated heterocycles. The van der Waals surface area contributed by atoms with Crippen LogP contribution < -0.4 is 0 Å². The van der Waals surface area contributed by atoms with E-state index in [4.69, 9.17) is 4.74 Å². The van der Waals surface area contributed by atoms with Crippen LogP contribution in [0.15, 0.2) is 11.6 Å². The van der Waals surface area contributed by atoms with Crippen LogP contribution in [0.1, 0.15) is 33.6 Å². The number of amides is 1. The highest BCUT2D eigenvalue weighted by atomic mass is 32.2. The normalized spacial score (nSPS) is 19.2. The van der Waals surface area contributed by atoms with Crippen molar-refractivity contribution in [3.8, 4) is 0 Å². The van der Waals surface area contributed by atoms with E-state index in [0.717, 1.165) is 24.7 Å². The minimum absolute atomic E-state index is 0.0102. The lowest BCUT2D eigenvalue weighted by Crippen LogP contribution is -2.40. The number of hydrogen-bond donors (Lipinski definition) is 0. The summed E-state index contributed by atoms with van der Waals surface area (Å²) in [6.45, 7) is 6.60. The van der Waals surface area contributed by atoms with E-state index < -0.39 is 15.7 Å². The molecule has 1 fully saturated rings. The molecule has 0 aromatic rings. The van der Waals surface area contributed by atoms with Gasteiger partial charge >= 0.3 is 6.09 Å². The lowest BCUT2D eigenvalue weighted by molar-refractivity contribution is 0.0246. The zero-order chi connectivity index (χ0) is 15.4. The second-order valence-electron chi connectivity index (χ2n) is 5.86. The van der Waals surface area contributed by atoms with Crippen LogP contribution in [-0.2, 0) is 19.0 Å². The summed E-state index contributed by atoms with van der Waals surface area (Å²) in [5, 5.41) is 0. The van der Waals surface area contributed by atoms with Gasteiger partial charge in [-0.05, 0) is 33.6 Å². The van der Waals surface area contributed by atoms with Gasteiger partial charge in [0.2, 0.25) is 0 Å². The highest BCUT2D eigenvalue weighted by Crippen LogP contribution is 2.18. The van der Waals surface area contributed by atoms with Crippen LogP contribution in [0.3, 0.4) is 0 Å². The number of hydrogen-bond acceptors (Lipinski definition) is 5. The van der Waals surface area contributed by atoms with Crippen LogP contribution in [0.25, 0.3) is 0 Å². The first-order valence-corrected chi connectivity index (χ1v) is 8.39. The van der Waals surface area contributed by atoms with Gasteiger partial charge in [0, 0.05) is 13.1 Å². The Morgan fingerprint density at radius 1 is 1.40 bits per heavy atom. The number of ether oxygens (including phenoxy) is 1. The van der Waals surface area contributed by atoms with Crippen molar-refractivity contribution in [2.24, 2.45) is 0 Å². The lowest BCUT2D eigenvalue weighted by Gasteiger charge is -2.31. The Hall–Kier alpha value is -1.08. The molecule has 0 bridgehead atoms. The predicted octanol–water partition coefficient (Wildman–Crippen LogP) is 1.92. The van der Waals surface area contributed by atoms with Crippen molar-refractivity contribution in [1.29, 1.82) is 0 Å². The molecular weight excluding hydrogens is 282 g/mol. The molecule has 1 heterocycles. The quantitative estimate of drug-likeness (QED) is 0.588. The summed E-state index contributed by atoms with van der Waals surface area (Å²) in [7, 11) is -3.43. The third kappa shape index (κ3) is 6.91. The van der Waals surface area contributed by atoms with E-state index in [2.05, 4.69) is 4.18 Å². The third-order valence-electron chi connectivity index (χ3n) is 2.63. The first-order chi connectivity index (χ1) is 9.07. The van der Waals surface area contributed by atoms with Crippen molar-refractivity contribution in [1.82, 2.24) is 4.90 Å². The molecule has 116 valence electrons. The lowest BCUT2D eigenvalue weighted by atomic mass is 10.1. The SMILES string of the molecule is CC(C)(C)OC(=O)N1CCCC(=CCOS(C)(=O)=O)C1. The van der Waals surface area contributed by atoms with Gasteiger partial charge in [-0.2, -0.15) is 8.42 Å². The summed E-state index contributed by atoms with van der Waals surface area (Å²) >= 11 is 0. The molecular formula is C13H23NO5S. The molecule has 0 atom stereocenters. The topological polar surface area (TPSA) is 72.9 Å². The van der Waals surface area contributed by atoms with Gasteiger partial charge in [-0.1, -0.05) is 11.6 Å². The molecule has 0 unspecified atom stereocenters. The van der Waals surface area contributed by atoms with Gasteiger partial charge in [-0.3, -0.25) is 4.18 Å². The second kappa shape index (κ2) is 6.58. The maximum atomic E-state index is 11.9. The van der Waals surface area contributed by atoms with Crippen molar-refractivity contribution in [2.45, 2.75) is 39.2 Å². The second-order valence-corrected chi connectivity index (χ2v) is 7.50. The van der Waals surface area contributed by atoms with Crippen molar-refractivity contribution in [3.63, 3.8) is 0 Å². The number of carbonyl (C=O) groups is 1. The Morgan fingerprint density at radius 2 is 2.05 bits per heavy atom. The minimum Gasteiger partial charge on any atom is -0.444 e. The summed E-state index contributed by atoms with van der Waals surface area (Å²) in [6.07, 6.45) is 4.07. The molecule has 1 aliphatic rings. The molecule has 0 radical (unpaired) electrons. The summed E-state index contributed by atoms with van der Waals surface area (Å²) in [5.74, 6) is 0. The van der Waals surface area contributed by atoms with Crippen molar-refractivity contribution in [3.05, 3.63) is 11.6 Å². The number of piperidine rings is 1. The van der Waals surface area contributed by atoms with E-state index in [9.17, 15) is 13.2 Å². The van der Waals surface area contributed by atoms with E-state index in [1.807, 2.05) is 20.8 Å².